The summed E-state index contributed by atoms with van der Waals surface area (Å²) in [6, 6.07) is 10.5. The molecule has 0 spiro atoms. The predicted molar refractivity (Wildman–Crippen MR) is 87.9 cm³/mol. The second kappa shape index (κ2) is 8.06. The summed E-state index contributed by atoms with van der Waals surface area (Å²) in [6.07, 6.45) is 1.59. The van der Waals surface area contributed by atoms with E-state index in [-0.39, 0.29) is 11.7 Å². The standard InChI is InChI=1S/C16H15N3O3S/c1-21-12-5-6-14(22-2)13(8-12)19-15(20)10-23-16-11(9-17)4-3-7-18-16/h3-8H,10H2,1-2H3,(H,19,20). The molecule has 0 atom stereocenters. The minimum absolute atomic E-state index is 0.131. The van der Waals surface area contributed by atoms with Crippen LogP contribution in [0.2, 0.25) is 0 Å². The van der Waals surface area contributed by atoms with E-state index in [0.717, 1.165) is 0 Å². The smallest absolute Gasteiger partial charge is 0.234 e. The Bertz CT molecular complexity index is 744. The molecule has 2 aromatic rings. The van der Waals surface area contributed by atoms with Gasteiger partial charge in [0.25, 0.3) is 0 Å². The topological polar surface area (TPSA) is 84.2 Å². The Morgan fingerprint density at radius 3 is 2.87 bits per heavy atom. The average Bonchev–Trinajstić information content (AvgIpc) is 2.60. The SMILES string of the molecule is COc1ccc(OC)c(NC(=O)CSc2ncccc2C#N)c1. The highest BCUT2D eigenvalue weighted by atomic mass is 32.2. The maximum Gasteiger partial charge on any atom is 0.234 e. The number of carbonyl (C=O) groups is 1. The maximum atomic E-state index is 12.1. The Kier molecular flexibility index (Phi) is 5.83. The summed E-state index contributed by atoms with van der Waals surface area (Å²) in [6.45, 7) is 0. The Morgan fingerprint density at radius 1 is 1.35 bits per heavy atom. The maximum absolute atomic E-state index is 12.1. The third-order valence-electron chi connectivity index (χ3n) is 2.91. The van der Waals surface area contributed by atoms with E-state index in [9.17, 15) is 4.79 Å². The molecule has 1 N–H and O–H groups in total. The zero-order chi connectivity index (χ0) is 16.7. The van der Waals surface area contributed by atoms with Gasteiger partial charge in [-0.3, -0.25) is 4.79 Å². The monoisotopic (exact) mass is 329 g/mol. The first-order valence-corrected chi connectivity index (χ1v) is 7.66. The fourth-order valence-corrected chi connectivity index (χ4v) is 2.57. The van der Waals surface area contributed by atoms with Gasteiger partial charge >= 0.3 is 0 Å². The van der Waals surface area contributed by atoms with Crippen LogP contribution in [0, 0.1) is 11.3 Å². The summed E-state index contributed by atoms with van der Waals surface area (Å²) in [5, 5.41) is 12.3. The van der Waals surface area contributed by atoms with E-state index in [4.69, 9.17) is 14.7 Å². The van der Waals surface area contributed by atoms with Gasteiger partial charge in [0.05, 0.1) is 31.2 Å². The van der Waals surface area contributed by atoms with Gasteiger partial charge in [0.2, 0.25) is 5.91 Å². The summed E-state index contributed by atoms with van der Waals surface area (Å²) in [5.74, 6) is 1.06. The van der Waals surface area contributed by atoms with Gasteiger partial charge in [0.15, 0.2) is 0 Å². The van der Waals surface area contributed by atoms with Crippen molar-refractivity contribution in [3.63, 3.8) is 0 Å². The molecule has 1 aromatic carbocycles. The Labute approximate surface area is 138 Å². The van der Waals surface area contributed by atoms with Crippen LogP contribution in [-0.4, -0.2) is 30.9 Å². The van der Waals surface area contributed by atoms with Gasteiger partial charge in [-0.05, 0) is 24.3 Å². The third-order valence-corrected chi connectivity index (χ3v) is 3.92. The van der Waals surface area contributed by atoms with Crippen molar-refractivity contribution in [2.45, 2.75) is 5.03 Å². The predicted octanol–water partition coefficient (Wildman–Crippen LogP) is 2.70. The zero-order valence-corrected chi connectivity index (χ0v) is 13.5. The van der Waals surface area contributed by atoms with Crippen LogP contribution < -0.4 is 14.8 Å². The van der Waals surface area contributed by atoms with Crippen molar-refractivity contribution in [2.75, 3.05) is 25.3 Å². The van der Waals surface area contributed by atoms with Crippen LogP contribution >= 0.6 is 11.8 Å². The molecule has 0 radical (unpaired) electrons. The summed E-state index contributed by atoms with van der Waals surface area (Å²) >= 11 is 1.20. The number of ether oxygens (including phenoxy) is 2. The molecule has 0 bridgehead atoms. The molecular weight excluding hydrogens is 314 g/mol. The highest BCUT2D eigenvalue weighted by Gasteiger charge is 2.11. The number of carbonyl (C=O) groups excluding carboxylic acids is 1. The summed E-state index contributed by atoms with van der Waals surface area (Å²) in [5.41, 5.74) is 0.975. The molecule has 0 fully saturated rings. The van der Waals surface area contributed by atoms with Gasteiger partial charge in [-0.1, -0.05) is 11.8 Å². The van der Waals surface area contributed by atoms with Gasteiger partial charge in [-0.2, -0.15) is 5.26 Å². The molecule has 1 aromatic heterocycles. The second-order valence-electron chi connectivity index (χ2n) is 4.37. The molecule has 7 heteroatoms. The molecule has 0 saturated heterocycles. The lowest BCUT2D eigenvalue weighted by atomic mass is 10.2. The van der Waals surface area contributed by atoms with Gasteiger partial charge < -0.3 is 14.8 Å². The number of hydrogen-bond donors (Lipinski definition) is 1. The second-order valence-corrected chi connectivity index (χ2v) is 5.34. The number of aromatic nitrogens is 1. The first kappa shape index (κ1) is 16.6. The van der Waals surface area contributed by atoms with Crippen LogP contribution in [0.25, 0.3) is 0 Å². The van der Waals surface area contributed by atoms with Crippen LogP contribution in [0.4, 0.5) is 5.69 Å². The van der Waals surface area contributed by atoms with Crippen LogP contribution in [0.5, 0.6) is 11.5 Å². The molecule has 2 rings (SSSR count). The molecule has 1 heterocycles. The lowest BCUT2D eigenvalue weighted by Crippen LogP contribution is -2.15. The lowest BCUT2D eigenvalue weighted by Gasteiger charge is -2.11. The number of hydrogen-bond acceptors (Lipinski definition) is 6. The molecule has 0 aliphatic rings. The van der Waals surface area contributed by atoms with Crippen molar-refractivity contribution < 1.29 is 14.3 Å². The molecule has 0 saturated carbocycles. The third kappa shape index (κ3) is 4.37. The van der Waals surface area contributed by atoms with E-state index in [1.54, 1.807) is 43.6 Å². The zero-order valence-electron chi connectivity index (χ0n) is 12.7. The molecule has 6 nitrogen and oxygen atoms in total. The van der Waals surface area contributed by atoms with Crippen molar-refractivity contribution in [2.24, 2.45) is 0 Å². The van der Waals surface area contributed by atoms with Gasteiger partial charge in [-0.25, -0.2) is 4.98 Å². The quantitative estimate of drug-likeness (QED) is 0.820. The Hall–Kier alpha value is -2.72. The molecule has 0 aliphatic carbocycles. The molecule has 118 valence electrons. The fraction of sp³-hybridized carbons (Fsp3) is 0.188. The molecular formula is C16H15N3O3S. The van der Waals surface area contributed by atoms with E-state index in [1.807, 2.05) is 0 Å². The number of anilines is 1. The van der Waals surface area contributed by atoms with Gasteiger partial charge in [0.1, 0.15) is 22.6 Å². The van der Waals surface area contributed by atoms with E-state index >= 15 is 0 Å². The Balaban J connectivity index is 2.04. The number of rotatable bonds is 6. The summed E-state index contributed by atoms with van der Waals surface area (Å²) in [7, 11) is 3.08. The van der Waals surface area contributed by atoms with Crippen molar-refractivity contribution in [1.29, 1.82) is 5.26 Å². The van der Waals surface area contributed by atoms with Crippen LogP contribution in [0.1, 0.15) is 5.56 Å². The van der Waals surface area contributed by atoms with Crippen molar-refractivity contribution in [1.82, 2.24) is 4.98 Å². The van der Waals surface area contributed by atoms with E-state index in [2.05, 4.69) is 16.4 Å². The van der Waals surface area contributed by atoms with E-state index < -0.39 is 0 Å². The first-order chi connectivity index (χ1) is 11.2. The van der Waals surface area contributed by atoms with E-state index in [0.29, 0.717) is 27.8 Å². The molecule has 0 aliphatic heterocycles. The number of methoxy groups -OCH3 is 2. The van der Waals surface area contributed by atoms with Crippen molar-refractivity contribution in [3.8, 4) is 17.6 Å². The number of pyridine rings is 1. The molecule has 1 amide bonds. The van der Waals surface area contributed by atoms with Crippen LogP contribution in [-0.2, 0) is 4.79 Å². The molecule has 23 heavy (non-hydrogen) atoms. The number of nitrogens with zero attached hydrogens (tertiary/aromatic N) is 2. The van der Waals surface area contributed by atoms with Gasteiger partial charge in [0, 0.05) is 12.3 Å². The molecule has 0 unspecified atom stereocenters. The average molecular weight is 329 g/mol. The van der Waals surface area contributed by atoms with Crippen LogP contribution in [0.3, 0.4) is 0 Å². The highest BCUT2D eigenvalue weighted by molar-refractivity contribution is 8.00. The van der Waals surface area contributed by atoms with Gasteiger partial charge in [-0.15, -0.1) is 0 Å². The number of nitriles is 1. The highest BCUT2D eigenvalue weighted by Crippen LogP contribution is 2.29. The van der Waals surface area contributed by atoms with Crippen molar-refractivity contribution >= 4 is 23.4 Å². The number of amides is 1. The largest absolute Gasteiger partial charge is 0.497 e. The Morgan fingerprint density at radius 2 is 2.17 bits per heavy atom. The number of thioether (sulfide) groups is 1. The minimum atomic E-state index is -0.226. The van der Waals surface area contributed by atoms with Crippen molar-refractivity contribution in [3.05, 3.63) is 42.1 Å². The summed E-state index contributed by atoms with van der Waals surface area (Å²) in [4.78, 5) is 16.2. The number of benzene rings is 1. The van der Waals surface area contributed by atoms with E-state index in [1.165, 1.54) is 18.9 Å². The minimum Gasteiger partial charge on any atom is -0.497 e. The van der Waals surface area contributed by atoms with Crippen LogP contribution in [0.15, 0.2) is 41.6 Å². The first-order valence-electron chi connectivity index (χ1n) is 6.67. The normalized spacial score (nSPS) is 9.78. The fourth-order valence-electron chi connectivity index (χ4n) is 1.82. The summed E-state index contributed by atoms with van der Waals surface area (Å²) < 4.78 is 10.3. The lowest BCUT2D eigenvalue weighted by molar-refractivity contribution is -0.113. The number of nitrogens with one attached hydrogen (secondary N) is 1.